The highest BCUT2D eigenvalue weighted by Crippen LogP contribution is 2.25. The molecule has 7 nitrogen and oxygen atoms in total. The molecular weight excluding hydrogens is 443 g/mol. The number of hydrogen-bond donors (Lipinski definition) is 2. The van der Waals surface area contributed by atoms with Gasteiger partial charge in [0.2, 0.25) is 5.89 Å². The molecule has 0 amide bonds. The van der Waals surface area contributed by atoms with Crippen LogP contribution in [0.2, 0.25) is 0 Å². The van der Waals surface area contributed by atoms with E-state index in [1.165, 1.54) is 51.5 Å². The fourth-order valence-corrected chi connectivity index (χ4v) is 3.97. The molecule has 0 bridgehead atoms. The van der Waals surface area contributed by atoms with E-state index in [9.17, 15) is 0 Å². The van der Waals surface area contributed by atoms with Gasteiger partial charge in [-0.1, -0.05) is 24.4 Å². The SMILES string of the molecule is CCNC(=NCc1noc(C)n1)NC1CCCN(C2CCCCC2)C1.I. The Morgan fingerprint density at radius 2 is 2.04 bits per heavy atom. The zero-order chi connectivity index (χ0) is 17.5. The minimum absolute atomic E-state index is 0. The van der Waals surface area contributed by atoms with Crippen molar-refractivity contribution in [2.75, 3.05) is 19.6 Å². The predicted octanol–water partition coefficient (Wildman–Crippen LogP) is 2.85. The average molecular weight is 476 g/mol. The number of nitrogens with one attached hydrogen (secondary N) is 2. The Labute approximate surface area is 173 Å². The van der Waals surface area contributed by atoms with Gasteiger partial charge in [0.15, 0.2) is 11.8 Å². The largest absolute Gasteiger partial charge is 0.357 e. The van der Waals surface area contributed by atoms with Crippen LogP contribution in [0.1, 0.15) is 63.6 Å². The van der Waals surface area contributed by atoms with Crippen molar-refractivity contribution in [2.24, 2.45) is 4.99 Å². The van der Waals surface area contributed by atoms with Gasteiger partial charge in [-0.05, 0) is 39.2 Å². The summed E-state index contributed by atoms with van der Waals surface area (Å²) in [4.78, 5) is 11.5. The Hall–Kier alpha value is -0.900. The molecule has 26 heavy (non-hydrogen) atoms. The summed E-state index contributed by atoms with van der Waals surface area (Å²) >= 11 is 0. The number of hydrogen-bond acceptors (Lipinski definition) is 5. The van der Waals surface area contributed by atoms with E-state index in [2.05, 4.69) is 37.6 Å². The van der Waals surface area contributed by atoms with Crippen molar-refractivity contribution in [2.45, 2.75) is 77.4 Å². The summed E-state index contributed by atoms with van der Waals surface area (Å²) in [6, 6.07) is 1.25. The van der Waals surface area contributed by atoms with Gasteiger partial charge in [-0.15, -0.1) is 24.0 Å². The first kappa shape index (κ1) is 21.4. The highest BCUT2D eigenvalue weighted by atomic mass is 127. The van der Waals surface area contributed by atoms with Gasteiger partial charge in [0.05, 0.1) is 0 Å². The molecule has 1 aliphatic heterocycles. The van der Waals surface area contributed by atoms with Gasteiger partial charge in [-0.3, -0.25) is 4.90 Å². The molecule has 2 heterocycles. The Balaban J connectivity index is 0.00000243. The summed E-state index contributed by atoms with van der Waals surface area (Å²) in [7, 11) is 0. The third-order valence-electron chi connectivity index (χ3n) is 5.18. The summed E-state index contributed by atoms with van der Waals surface area (Å²) in [5.74, 6) is 2.06. The van der Waals surface area contributed by atoms with Gasteiger partial charge in [0, 0.05) is 32.1 Å². The predicted molar refractivity (Wildman–Crippen MR) is 114 cm³/mol. The van der Waals surface area contributed by atoms with Crippen LogP contribution in [0.25, 0.3) is 0 Å². The smallest absolute Gasteiger partial charge is 0.223 e. The number of aromatic nitrogens is 2. The van der Waals surface area contributed by atoms with Crippen LogP contribution < -0.4 is 10.6 Å². The van der Waals surface area contributed by atoms with Crippen LogP contribution in [0.15, 0.2) is 9.52 Å². The summed E-state index contributed by atoms with van der Waals surface area (Å²) in [5, 5.41) is 10.9. The molecule has 0 aromatic carbocycles. The first-order valence-corrected chi connectivity index (χ1v) is 9.82. The highest BCUT2D eigenvalue weighted by Gasteiger charge is 2.27. The molecule has 1 saturated heterocycles. The van der Waals surface area contributed by atoms with Crippen molar-refractivity contribution in [1.82, 2.24) is 25.7 Å². The fourth-order valence-electron chi connectivity index (χ4n) is 3.97. The second-order valence-electron chi connectivity index (χ2n) is 7.20. The molecule has 1 aliphatic carbocycles. The number of halogens is 1. The molecular formula is C18H33IN6O. The lowest BCUT2D eigenvalue weighted by Crippen LogP contribution is -2.53. The monoisotopic (exact) mass is 476 g/mol. The van der Waals surface area contributed by atoms with Crippen molar-refractivity contribution in [3.63, 3.8) is 0 Å². The van der Waals surface area contributed by atoms with Crippen LogP contribution in [-0.4, -0.2) is 52.7 Å². The number of piperidine rings is 1. The second kappa shape index (κ2) is 11.1. The van der Waals surface area contributed by atoms with Crippen molar-refractivity contribution in [1.29, 1.82) is 0 Å². The van der Waals surface area contributed by atoms with Crippen LogP contribution in [0.4, 0.5) is 0 Å². The van der Waals surface area contributed by atoms with E-state index >= 15 is 0 Å². The lowest BCUT2D eigenvalue weighted by Gasteiger charge is -2.40. The molecule has 3 rings (SSSR count). The maximum atomic E-state index is 5.01. The Bertz CT molecular complexity index is 558. The van der Waals surface area contributed by atoms with Gasteiger partial charge in [0.25, 0.3) is 0 Å². The molecule has 0 spiro atoms. The van der Waals surface area contributed by atoms with Crippen molar-refractivity contribution < 1.29 is 4.52 Å². The molecule has 8 heteroatoms. The normalized spacial score (nSPS) is 22.7. The van der Waals surface area contributed by atoms with E-state index in [1.807, 2.05) is 0 Å². The van der Waals surface area contributed by atoms with Crippen LogP contribution in [-0.2, 0) is 6.54 Å². The molecule has 1 atom stereocenters. The number of aryl methyl sites for hydroxylation is 1. The van der Waals surface area contributed by atoms with Crippen molar-refractivity contribution in [3.05, 3.63) is 11.7 Å². The topological polar surface area (TPSA) is 78.6 Å². The second-order valence-corrected chi connectivity index (χ2v) is 7.20. The van der Waals surface area contributed by atoms with Gasteiger partial charge in [-0.2, -0.15) is 4.98 Å². The van der Waals surface area contributed by atoms with Gasteiger partial charge < -0.3 is 15.2 Å². The average Bonchev–Trinajstić information content (AvgIpc) is 3.06. The van der Waals surface area contributed by atoms with E-state index in [0.29, 0.717) is 24.3 Å². The number of likely N-dealkylation sites (tertiary alicyclic amines) is 1. The van der Waals surface area contributed by atoms with Gasteiger partial charge >= 0.3 is 0 Å². The maximum absolute atomic E-state index is 5.01. The first-order valence-electron chi connectivity index (χ1n) is 9.82. The third-order valence-corrected chi connectivity index (χ3v) is 5.18. The third kappa shape index (κ3) is 6.37. The minimum atomic E-state index is 0. The van der Waals surface area contributed by atoms with Crippen LogP contribution in [0.5, 0.6) is 0 Å². The molecule has 2 aliphatic rings. The van der Waals surface area contributed by atoms with Crippen LogP contribution in [0, 0.1) is 6.92 Å². The van der Waals surface area contributed by atoms with Gasteiger partial charge in [-0.25, -0.2) is 4.99 Å². The zero-order valence-corrected chi connectivity index (χ0v) is 18.4. The maximum Gasteiger partial charge on any atom is 0.223 e. The van der Waals surface area contributed by atoms with Crippen molar-refractivity contribution >= 4 is 29.9 Å². The van der Waals surface area contributed by atoms with E-state index in [4.69, 9.17) is 4.52 Å². The lowest BCUT2D eigenvalue weighted by molar-refractivity contribution is 0.115. The Kier molecular flexibility index (Phi) is 9.10. The van der Waals surface area contributed by atoms with E-state index in [-0.39, 0.29) is 24.0 Å². The molecule has 1 aromatic rings. The van der Waals surface area contributed by atoms with Crippen LogP contribution in [0.3, 0.4) is 0 Å². The fraction of sp³-hybridized carbons (Fsp3) is 0.833. The standard InChI is InChI=1S/C18H32N6O.HI/c1-3-19-18(20-12-17-21-14(2)25-23-17)22-15-8-7-11-24(13-15)16-9-5-4-6-10-16;/h15-16H,3-13H2,1-2H3,(H2,19,20,22);1H. The molecule has 148 valence electrons. The van der Waals surface area contributed by atoms with Gasteiger partial charge in [0.1, 0.15) is 6.54 Å². The lowest BCUT2D eigenvalue weighted by atomic mass is 9.92. The molecule has 0 radical (unpaired) electrons. The summed E-state index contributed by atoms with van der Waals surface area (Å²) in [6.45, 7) is 7.54. The summed E-state index contributed by atoms with van der Waals surface area (Å²) in [6.07, 6.45) is 9.42. The molecule has 1 saturated carbocycles. The quantitative estimate of drug-likeness (QED) is 0.387. The number of rotatable bonds is 5. The molecule has 1 unspecified atom stereocenters. The number of aliphatic imine (C=N–C) groups is 1. The van der Waals surface area contributed by atoms with Crippen molar-refractivity contribution in [3.8, 4) is 0 Å². The Morgan fingerprint density at radius 3 is 2.73 bits per heavy atom. The zero-order valence-electron chi connectivity index (χ0n) is 16.0. The van der Waals surface area contributed by atoms with E-state index < -0.39 is 0 Å². The number of guanidine groups is 1. The number of nitrogens with zero attached hydrogens (tertiary/aromatic N) is 4. The minimum Gasteiger partial charge on any atom is -0.357 e. The molecule has 2 N–H and O–H groups in total. The van der Waals surface area contributed by atoms with E-state index in [1.54, 1.807) is 6.92 Å². The first-order chi connectivity index (χ1) is 12.2. The Morgan fingerprint density at radius 1 is 1.23 bits per heavy atom. The van der Waals surface area contributed by atoms with Crippen LogP contribution >= 0.6 is 24.0 Å². The highest BCUT2D eigenvalue weighted by molar-refractivity contribution is 14.0. The summed E-state index contributed by atoms with van der Waals surface area (Å²) in [5.41, 5.74) is 0. The molecule has 1 aromatic heterocycles. The molecule has 2 fully saturated rings. The summed E-state index contributed by atoms with van der Waals surface area (Å²) < 4.78 is 5.01. The van der Waals surface area contributed by atoms with E-state index in [0.717, 1.165) is 25.1 Å².